The summed E-state index contributed by atoms with van der Waals surface area (Å²) in [4.78, 5) is 36.2. The minimum absolute atomic E-state index is 0.116. The van der Waals surface area contributed by atoms with Gasteiger partial charge in [0.05, 0.1) is 26.1 Å². The van der Waals surface area contributed by atoms with Crippen molar-refractivity contribution in [1.29, 1.82) is 0 Å². The highest BCUT2D eigenvalue weighted by Crippen LogP contribution is 2.14. The molecule has 0 aliphatic heterocycles. The Balaban J connectivity index is 3.05. The molecule has 2 N–H and O–H groups in total. The predicted molar refractivity (Wildman–Crippen MR) is 72.2 cm³/mol. The Bertz CT molecular complexity index is 522. The fourth-order valence-electron chi connectivity index (χ4n) is 1.66. The Hall–Kier alpha value is -2.58. The standard InChI is InChI=1S/C12H18N4O5/c1-4-16-11(8(13)5-14-16)12(19)15(6-9(17)20-2)7-10(18)21-3/h5H,4,6-7,13H2,1-3H3. The summed E-state index contributed by atoms with van der Waals surface area (Å²) in [6.45, 7) is 1.42. The Morgan fingerprint density at radius 2 is 1.76 bits per heavy atom. The molecular weight excluding hydrogens is 280 g/mol. The Labute approximate surface area is 121 Å². The van der Waals surface area contributed by atoms with Gasteiger partial charge < -0.3 is 20.1 Å². The lowest BCUT2D eigenvalue weighted by molar-refractivity contribution is -0.144. The number of carbonyl (C=O) groups excluding carboxylic acids is 3. The lowest BCUT2D eigenvalue weighted by Crippen LogP contribution is -2.41. The number of anilines is 1. The summed E-state index contributed by atoms with van der Waals surface area (Å²) in [6.07, 6.45) is 1.34. The fraction of sp³-hybridized carbons (Fsp3) is 0.500. The van der Waals surface area contributed by atoms with Gasteiger partial charge in [-0.25, -0.2) is 0 Å². The van der Waals surface area contributed by atoms with Crippen LogP contribution in [0, 0.1) is 0 Å². The van der Waals surface area contributed by atoms with Crippen LogP contribution in [0.4, 0.5) is 5.69 Å². The van der Waals surface area contributed by atoms with Crippen molar-refractivity contribution >= 4 is 23.5 Å². The number of nitrogens with zero attached hydrogens (tertiary/aromatic N) is 3. The summed E-state index contributed by atoms with van der Waals surface area (Å²) in [6, 6.07) is 0. The van der Waals surface area contributed by atoms with E-state index in [1.807, 2.05) is 0 Å². The Kier molecular flexibility index (Phi) is 5.70. The highest BCUT2D eigenvalue weighted by molar-refractivity contribution is 6.00. The molecule has 0 aliphatic carbocycles. The smallest absolute Gasteiger partial charge is 0.325 e. The van der Waals surface area contributed by atoms with Crippen LogP contribution in [0.15, 0.2) is 6.20 Å². The molecule has 1 aromatic rings. The number of nitrogen functional groups attached to an aromatic ring is 1. The molecule has 0 unspecified atom stereocenters. The number of nitrogens with two attached hydrogens (primary N) is 1. The van der Waals surface area contributed by atoms with E-state index in [1.165, 1.54) is 25.1 Å². The summed E-state index contributed by atoms with van der Waals surface area (Å²) in [5.74, 6) is -1.91. The molecule has 0 saturated carbocycles. The van der Waals surface area contributed by atoms with Crippen LogP contribution in [0.1, 0.15) is 17.4 Å². The number of aryl methyl sites for hydroxylation is 1. The van der Waals surface area contributed by atoms with Crippen molar-refractivity contribution < 1.29 is 23.9 Å². The molecule has 0 spiro atoms. The van der Waals surface area contributed by atoms with Crippen LogP contribution in [-0.2, 0) is 25.6 Å². The van der Waals surface area contributed by atoms with Crippen molar-refractivity contribution in [2.75, 3.05) is 33.0 Å². The lowest BCUT2D eigenvalue weighted by Gasteiger charge is -2.20. The highest BCUT2D eigenvalue weighted by Gasteiger charge is 2.26. The number of methoxy groups -OCH3 is 2. The third-order valence-electron chi connectivity index (χ3n) is 2.75. The van der Waals surface area contributed by atoms with Crippen LogP contribution >= 0.6 is 0 Å². The van der Waals surface area contributed by atoms with Gasteiger partial charge in [-0.2, -0.15) is 5.10 Å². The maximum atomic E-state index is 12.5. The molecule has 0 fully saturated rings. The van der Waals surface area contributed by atoms with Gasteiger partial charge in [0, 0.05) is 6.54 Å². The van der Waals surface area contributed by atoms with Gasteiger partial charge >= 0.3 is 11.9 Å². The summed E-state index contributed by atoms with van der Waals surface area (Å²) in [5.41, 5.74) is 6.00. The zero-order valence-corrected chi connectivity index (χ0v) is 12.2. The molecule has 116 valence electrons. The average Bonchev–Trinajstić information content (AvgIpc) is 2.86. The van der Waals surface area contributed by atoms with Gasteiger partial charge in [-0.3, -0.25) is 19.1 Å². The van der Waals surface area contributed by atoms with Gasteiger partial charge in [0.15, 0.2) is 0 Å². The average molecular weight is 298 g/mol. The quantitative estimate of drug-likeness (QED) is 0.688. The summed E-state index contributed by atoms with van der Waals surface area (Å²) in [7, 11) is 2.38. The van der Waals surface area contributed by atoms with E-state index in [9.17, 15) is 14.4 Å². The number of esters is 2. The summed E-state index contributed by atoms with van der Waals surface area (Å²) in [5, 5.41) is 3.95. The van der Waals surface area contributed by atoms with Crippen LogP contribution in [0.3, 0.4) is 0 Å². The molecule has 0 aliphatic rings. The molecular formula is C12H18N4O5. The monoisotopic (exact) mass is 298 g/mol. The maximum absolute atomic E-state index is 12.5. The summed E-state index contributed by atoms with van der Waals surface area (Å²) >= 11 is 0. The lowest BCUT2D eigenvalue weighted by atomic mass is 10.3. The zero-order valence-electron chi connectivity index (χ0n) is 12.2. The molecule has 0 atom stereocenters. The third kappa shape index (κ3) is 3.94. The van der Waals surface area contributed by atoms with E-state index in [2.05, 4.69) is 14.6 Å². The normalized spacial score (nSPS) is 10.0. The fourth-order valence-corrected chi connectivity index (χ4v) is 1.66. The van der Waals surface area contributed by atoms with E-state index in [4.69, 9.17) is 5.73 Å². The number of rotatable bonds is 6. The summed E-state index contributed by atoms with van der Waals surface area (Å²) < 4.78 is 10.4. The first-order chi connectivity index (χ1) is 9.94. The van der Waals surface area contributed by atoms with Gasteiger partial charge in [0.2, 0.25) is 0 Å². The second kappa shape index (κ2) is 7.27. The van der Waals surface area contributed by atoms with Crippen molar-refractivity contribution in [3.05, 3.63) is 11.9 Å². The van der Waals surface area contributed by atoms with E-state index >= 15 is 0 Å². The molecule has 21 heavy (non-hydrogen) atoms. The number of amides is 1. The van der Waals surface area contributed by atoms with Gasteiger partial charge in [-0.15, -0.1) is 0 Å². The Morgan fingerprint density at radius 1 is 1.24 bits per heavy atom. The molecule has 0 radical (unpaired) electrons. The van der Waals surface area contributed by atoms with E-state index in [-0.39, 0.29) is 11.4 Å². The molecule has 9 heteroatoms. The van der Waals surface area contributed by atoms with Crippen molar-refractivity contribution in [1.82, 2.24) is 14.7 Å². The molecule has 0 aromatic carbocycles. The first-order valence-corrected chi connectivity index (χ1v) is 6.18. The van der Waals surface area contributed by atoms with Gasteiger partial charge in [0.25, 0.3) is 5.91 Å². The second-order valence-corrected chi connectivity index (χ2v) is 4.08. The largest absolute Gasteiger partial charge is 0.468 e. The SMILES string of the molecule is CCn1ncc(N)c1C(=O)N(CC(=O)OC)CC(=O)OC. The third-order valence-corrected chi connectivity index (χ3v) is 2.75. The molecule has 1 rings (SSSR count). The highest BCUT2D eigenvalue weighted by atomic mass is 16.5. The van der Waals surface area contributed by atoms with Crippen LogP contribution in [0.2, 0.25) is 0 Å². The van der Waals surface area contributed by atoms with Gasteiger partial charge in [0.1, 0.15) is 18.8 Å². The van der Waals surface area contributed by atoms with Crippen LogP contribution in [0.25, 0.3) is 0 Å². The minimum atomic E-state index is -0.659. The van der Waals surface area contributed by atoms with Gasteiger partial charge in [-0.1, -0.05) is 0 Å². The first kappa shape index (κ1) is 16.5. The molecule has 1 amide bonds. The number of hydrogen-bond acceptors (Lipinski definition) is 7. The predicted octanol–water partition coefficient (Wildman–Crippen LogP) is -0.727. The van der Waals surface area contributed by atoms with E-state index in [0.717, 1.165) is 4.90 Å². The zero-order chi connectivity index (χ0) is 16.0. The van der Waals surface area contributed by atoms with Crippen molar-refractivity contribution in [2.45, 2.75) is 13.5 Å². The van der Waals surface area contributed by atoms with E-state index < -0.39 is 30.9 Å². The van der Waals surface area contributed by atoms with E-state index in [1.54, 1.807) is 6.92 Å². The number of ether oxygens (including phenoxy) is 2. The molecule has 1 aromatic heterocycles. The van der Waals surface area contributed by atoms with Crippen molar-refractivity contribution in [3.63, 3.8) is 0 Å². The van der Waals surface area contributed by atoms with Crippen LogP contribution in [0.5, 0.6) is 0 Å². The molecule has 1 heterocycles. The minimum Gasteiger partial charge on any atom is -0.468 e. The molecule has 0 saturated heterocycles. The topological polar surface area (TPSA) is 117 Å². The van der Waals surface area contributed by atoms with Crippen LogP contribution < -0.4 is 5.73 Å². The number of carbonyl (C=O) groups is 3. The van der Waals surface area contributed by atoms with Crippen LogP contribution in [-0.4, -0.2) is 59.8 Å². The van der Waals surface area contributed by atoms with E-state index in [0.29, 0.717) is 6.54 Å². The molecule has 9 nitrogen and oxygen atoms in total. The first-order valence-electron chi connectivity index (χ1n) is 6.18. The molecule has 0 bridgehead atoms. The maximum Gasteiger partial charge on any atom is 0.325 e. The van der Waals surface area contributed by atoms with Crippen molar-refractivity contribution in [2.24, 2.45) is 0 Å². The van der Waals surface area contributed by atoms with Crippen molar-refractivity contribution in [3.8, 4) is 0 Å². The van der Waals surface area contributed by atoms with Gasteiger partial charge in [-0.05, 0) is 6.92 Å². The number of hydrogen-bond donors (Lipinski definition) is 1. The second-order valence-electron chi connectivity index (χ2n) is 4.08. The Morgan fingerprint density at radius 3 is 2.19 bits per heavy atom. The number of aromatic nitrogens is 2.